The van der Waals surface area contributed by atoms with Gasteiger partial charge in [-0.25, -0.2) is 0 Å². The van der Waals surface area contributed by atoms with Gasteiger partial charge in [0.15, 0.2) is 6.29 Å². The van der Waals surface area contributed by atoms with E-state index in [4.69, 9.17) is 0 Å². The minimum Gasteiger partial charge on any atom is -0.347 e. The van der Waals surface area contributed by atoms with Gasteiger partial charge in [-0.15, -0.1) is 0 Å². The molecule has 0 saturated carbocycles. The number of aromatic nitrogens is 1. The molecular weight excluding hydrogens is 296 g/mol. The highest BCUT2D eigenvalue weighted by Gasteiger charge is 2.18. The lowest BCUT2D eigenvalue weighted by Crippen LogP contribution is -2.34. The second-order valence-electron chi connectivity index (χ2n) is 7.19. The molecule has 0 unspecified atom stereocenters. The van der Waals surface area contributed by atoms with Gasteiger partial charge in [-0.1, -0.05) is 44.4 Å². The van der Waals surface area contributed by atoms with Gasteiger partial charge in [-0.05, 0) is 50.9 Å². The Balaban J connectivity index is 1.48. The molecule has 3 rings (SSSR count). The largest absolute Gasteiger partial charge is 0.347 e. The lowest BCUT2D eigenvalue weighted by molar-refractivity contribution is 0.112. The second kappa shape index (κ2) is 8.48. The smallest absolute Gasteiger partial charge is 0.152 e. The zero-order chi connectivity index (χ0) is 16.8. The molecule has 0 radical (unpaired) electrons. The first-order valence-electron chi connectivity index (χ1n) is 9.57. The summed E-state index contributed by atoms with van der Waals surface area (Å²) >= 11 is 0. The molecule has 3 nitrogen and oxygen atoms in total. The van der Waals surface area contributed by atoms with Crippen molar-refractivity contribution in [1.82, 2.24) is 9.47 Å². The summed E-state index contributed by atoms with van der Waals surface area (Å²) in [5.41, 5.74) is 1.99. The molecule has 0 aliphatic carbocycles. The second-order valence-corrected chi connectivity index (χ2v) is 7.19. The van der Waals surface area contributed by atoms with E-state index in [2.05, 4.69) is 28.5 Å². The summed E-state index contributed by atoms with van der Waals surface area (Å²) in [5, 5.41) is 1.07. The number of rotatable bonds is 8. The SMILES string of the molecule is CCCCC1CCN(CCCn2cc(C=O)c3ccccc32)CC1. The van der Waals surface area contributed by atoms with Crippen LogP contribution >= 0.6 is 0 Å². The minimum atomic E-state index is 0.808. The van der Waals surface area contributed by atoms with Gasteiger partial charge in [0.05, 0.1) is 0 Å². The van der Waals surface area contributed by atoms with Crippen molar-refractivity contribution < 1.29 is 4.79 Å². The number of fused-ring (bicyclic) bond motifs is 1. The molecule has 2 aromatic rings. The van der Waals surface area contributed by atoms with Crippen molar-refractivity contribution in [3.8, 4) is 0 Å². The fourth-order valence-electron chi connectivity index (χ4n) is 4.01. The highest BCUT2D eigenvalue weighted by Crippen LogP contribution is 2.23. The van der Waals surface area contributed by atoms with Crippen LogP contribution in [0.2, 0.25) is 0 Å². The third kappa shape index (κ3) is 4.07. The van der Waals surface area contributed by atoms with Gasteiger partial charge < -0.3 is 9.47 Å². The number of piperidine rings is 1. The van der Waals surface area contributed by atoms with E-state index in [9.17, 15) is 4.79 Å². The Morgan fingerprint density at radius 1 is 1.12 bits per heavy atom. The summed E-state index contributed by atoms with van der Waals surface area (Å²) in [6.07, 6.45) is 11.0. The minimum absolute atomic E-state index is 0.808. The molecule has 1 aliphatic heterocycles. The fourth-order valence-corrected chi connectivity index (χ4v) is 4.01. The molecule has 0 amide bonds. The Kier molecular flexibility index (Phi) is 6.08. The van der Waals surface area contributed by atoms with Gasteiger partial charge in [0.1, 0.15) is 0 Å². The quantitative estimate of drug-likeness (QED) is 0.654. The Bertz CT molecular complexity index is 653. The van der Waals surface area contributed by atoms with Crippen LogP contribution in [-0.4, -0.2) is 35.4 Å². The molecule has 0 spiro atoms. The van der Waals surface area contributed by atoms with E-state index < -0.39 is 0 Å². The third-order valence-electron chi connectivity index (χ3n) is 5.49. The topological polar surface area (TPSA) is 25.2 Å². The van der Waals surface area contributed by atoms with Crippen LogP contribution in [-0.2, 0) is 6.54 Å². The van der Waals surface area contributed by atoms with Crippen molar-refractivity contribution in [2.75, 3.05) is 19.6 Å². The first-order chi connectivity index (χ1) is 11.8. The molecule has 1 aromatic heterocycles. The van der Waals surface area contributed by atoms with Crippen LogP contribution in [0, 0.1) is 5.92 Å². The van der Waals surface area contributed by atoms with Crippen molar-refractivity contribution in [2.24, 2.45) is 5.92 Å². The molecule has 0 N–H and O–H groups in total. The molecule has 130 valence electrons. The van der Waals surface area contributed by atoms with Gasteiger partial charge in [-0.2, -0.15) is 0 Å². The number of aryl methyl sites for hydroxylation is 1. The number of carbonyl (C=O) groups is 1. The molecule has 1 aromatic carbocycles. The number of aldehydes is 1. The number of para-hydroxylation sites is 1. The Labute approximate surface area is 145 Å². The summed E-state index contributed by atoms with van der Waals surface area (Å²) in [6, 6.07) is 8.20. The van der Waals surface area contributed by atoms with Crippen molar-refractivity contribution in [3.05, 3.63) is 36.0 Å². The molecule has 0 atom stereocenters. The summed E-state index contributed by atoms with van der Waals surface area (Å²) in [7, 11) is 0. The lowest BCUT2D eigenvalue weighted by atomic mass is 9.91. The zero-order valence-electron chi connectivity index (χ0n) is 14.9. The maximum absolute atomic E-state index is 11.2. The number of hydrogen-bond donors (Lipinski definition) is 0. The first kappa shape index (κ1) is 17.2. The van der Waals surface area contributed by atoms with E-state index in [0.29, 0.717) is 0 Å². The molecule has 1 fully saturated rings. The summed E-state index contributed by atoms with van der Waals surface area (Å²) in [4.78, 5) is 13.9. The molecule has 1 aliphatic rings. The summed E-state index contributed by atoms with van der Waals surface area (Å²) < 4.78 is 2.24. The van der Waals surface area contributed by atoms with Crippen LogP contribution in [0.1, 0.15) is 55.8 Å². The number of unbranched alkanes of at least 4 members (excludes halogenated alkanes) is 1. The normalized spacial score (nSPS) is 16.7. The van der Waals surface area contributed by atoms with Crippen LogP contribution < -0.4 is 0 Å². The van der Waals surface area contributed by atoms with E-state index >= 15 is 0 Å². The Hall–Kier alpha value is -1.61. The van der Waals surface area contributed by atoms with E-state index in [1.807, 2.05) is 18.3 Å². The first-order valence-corrected chi connectivity index (χ1v) is 9.57. The van der Waals surface area contributed by atoms with Crippen molar-refractivity contribution >= 4 is 17.2 Å². The summed E-state index contributed by atoms with van der Waals surface area (Å²) in [5.74, 6) is 0.963. The van der Waals surface area contributed by atoms with Gasteiger partial charge in [0, 0.05) is 29.2 Å². The molecular formula is C21H30N2O. The standard InChI is InChI=1S/C21H30N2O/c1-2-3-7-18-10-14-22(15-11-18)12-6-13-23-16-19(17-24)20-8-4-5-9-21(20)23/h4-5,8-9,16-18H,2-3,6-7,10-15H2,1H3. The lowest BCUT2D eigenvalue weighted by Gasteiger charge is -2.32. The number of hydrogen-bond acceptors (Lipinski definition) is 2. The highest BCUT2D eigenvalue weighted by atomic mass is 16.1. The molecule has 3 heteroatoms. The van der Waals surface area contributed by atoms with E-state index in [1.54, 1.807) is 0 Å². The molecule has 2 heterocycles. The monoisotopic (exact) mass is 326 g/mol. The van der Waals surface area contributed by atoms with E-state index in [0.717, 1.165) is 36.1 Å². The number of likely N-dealkylation sites (tertiary alicyclic amines) is 1. The predicted octanol–water partition coefficient (Wildman–Crippen LogP) is 4.75. The molecule has 0 bridgehead atoms. The predicted molar refractivity (Wildman–Crippen MR) is 101 cm³/mol. The van der Waals surface area contributed by atoms with Gasteiger partial charge >= 0.3 is 0 Å². The Morgan fingerprint density at radius 3 is 2.67 bits per heavy atom. The highest BCUT2D eigenvalue weighted by molar-refractivity contribution is 5.97. The van der Waals surface area contributed by atoms with Gasteiger partial charge in [0.25, 0.3) is 0 Å². The molecule has 24 heavy (non-hydrogen) atoms. The van der Waals surface area contributed by atoms with Crippen LogP contribution in [0.25, 0.3) is 10.9 Å². The number of benzene rings is 1. The van der Waals surface area contributed by atoms with Crippen molar-refractivity contribution in [3.63, 3.8) is 0 Å². The van der Waals surface area contributed by atoms with Crippen molar-refractivity contribution in [1.29, 1.82) is 0 Å². The summed E-state index contributed by atoms with van der Waals surface area (Å²) in [6.45, 7) is 6.98. The van der Waals surface area contributed by atoms with Crippen LogP contribution in [0.5, 0.6) is 0 Å². The van der Waals surface area contributed by atoms with Crippen LogP contribution in [0.3, 0.4) is 0 Å². The van der Waals surface area contributed by atoms with E-state index in [1.165, 1.54) is 57.3 Å². The van der Waals surface area contributed by atoms with Crippen LogP contribution in [0.4, 0.5) is 0 Å². The number of carbonyl (C=O) groups excluding carboxylic acids is 1. The maximum atomic E-state index is 11.2. The van der Waals surface area contributed by atoms with Crippen LogP contribution in [0.15, 0.2) is 30.5 Å². The third-order valence-corrected chi connectivity index (χ3v) is 5.49. The van der Waals surface area contributed by atoms with Gasteiger partial charge in [-0.3, -0.25) is 4.79 Å². The average molecular weight is 326 g/mol. The van der Waals surface area contributed by atoms with E-state index in [-0.39, 0.29) is 0 Å². The zero-order valence-corrected chi connectivity index (χ0v) is 14.9. The Morgan fingerprint density at radius 2 is 1.92 bits per heavy atom. The van der Waals surface area contributed by atoms with Crippen molar-refractivity contribution in [2.45, 2.75) is 52.0 Å². The maximum Gasteiger partial charge on any atom is 0.152 e. The number of nitrogens with zero attached hydrogens (tertiary/aromatic N) is 2. The fraction of sp³-hybridized carbons (Fsp3) is 0.571. The average Bonchev–Trinajstić information content (AvgIpc) is 2.99. The van der Waals surface area contributed by atoms with Gasteiger partial charge in [0.2, 0.25) is 0 Å². The molecule has 1 saturated heterocycles.